The summed E-state index contributed by atoms with van der Waals surface area (Å²) >= 11 is 0. The topological polar surface area (TPSA) is 35.8 Å². The highest BCUT2D eigenvalue weighted by atomic mass is 19.1. The van der Waals surface area contributed by atoms with Gasteiger partial charge in [0.15, 0.2) is 0 Å². The number of hydrogen-bond acceptors (Lipinski definition) is 2. The molecule has 0 aliphatic rings. The Morgan fingerprint density at radius 2 is 1.67 bits per heavy atom. The molecule has 0 saturated carbocycles. The molecule has 0 aliphatic carbocycles. The van der Waals surface area contributed by atoms with Gasteiger partial charge in [-0.3, -0.25) is 0 Å². The second kappa shape index (κ2) is 5.28. The van der Waals surface area contributed by atoms with Crippen molar-refractivity contribution in [1.29, 1.82) is 5.26 Å². The molecular weight excluding hydrogens is 234 g/mol. The Hall–Kier alpha value is -2.41. The summed E-state index contributed by atoms with van der Waals surface area (Å²) in [5, 5.41) is 11.9. The molecule has 18 heavy (non-hydrogen) atoms. The highest BCUT2D eigenvalue weighted by Gasteiger charge is 2.03. The normalized spacial score (nSPS) is 9.83. The molecule has 1 N–H and O–H groups in total. The molecule has 0 aromatic heterocycles. The van der Waals surface area contributed by atoms with Gasteiger partial charge in [-0.25, -0.2) is 8.78 Å². The first kappa shape index (κ1) is 12.1. The van der Waals surface area contributed by atoms with Crippen molar-refractivity contribution < 1.29 is 8.78 Å². The van der Waals surface area contributed by atoms with Crippen LogP contribution in [0.1, 0.15) is 11.1 Å². The molecular formula is C14H10F2N2. The van der Waals surface area contributed by atoms with Crippen LogP contribution in [0.15, 0.2) is 42.5 Å². The molecule has 0 radical (unpaired) electrons. The lowest BCUT2D eigenvalue weighted by molar-refractivity contribution is 0.625. The van der Waals surface area contributed by atoms with Gasteiger partial charge < -0.3 is 5.32 Å². The maximum absolute atomic E-state index is 13.1. The summed E-state index contributed by atoms with van der Waals surface area (Å²) in [6.45, 7) is 0.312. The molecule has 0 saturated heterocycles. The second-order valence-electron chi connectivity index (χ2n) is 3.77. The average molecular weight is 244 g/mol. The molecule has 2 aromatic carbocycles. The quantitative estimate of drug-likeness (QED) is 0.897. The number of nitriles is 1. The largest absolute Gasteiger partial charge is 0.381 e. The second-order valence-corrected chi connectivity index (χ2v) is 3.77. The van der Waals surface area contributed by atoms with Crippen molar-refractivity contribution in [3.63, 3.8) is 0 Å². The Labute approximate surface area is 103 Å². The van der Waals surface area contributed by atoms with Crippen molar-refractivity contribution in [2.75, 3.05) is 5.32 Å². The Bertz CT molecular complexity index is 586. The van der Waals surface area contributed by atoms with Gasteiger partial charge in [-0.15, -0.1) is 0 Å². The average Bonchev–Trinajstić information content (AvgIpc) is 2.38. The van der Waals surface area contributed by atoms with Crippen LogP contribution in [0.3, 0.4) is 0 Å². The molecule has 0 bridgehead atoms. The first-order valence-electron chi connectivity index (χ1n) is 5.37. The number of benzene rings is 2. The van der Waals surface area contributed by atoms with Gasteiger partial charge in [0.2, 0.25) is 0 Å². The van der Waals surface area contributed by atoms with Gasteiger partial charge in [-0.1, -0.05) is 0 Å². The van der Waals surface area contributed by atoms with Crippen molar-refractivity contribution in [2.45, 2.75) is 6.54 Å². The first-order chi connectivity index (χ1) is 8.69. The summed E-state index contributed by atoms with van der Waals surface area (Å²) in [5.41, 5.74) is 1.71. The zero-order valence-electron chi connectivity index (χ0n) is 9.45. The molecule has 0 spiro atoms. The fourth-order valence-electron chi connectivity index (χ4n) is 1.58. The monoisotopic (exact) mass is 244 g/mol. The summed E-state index contributed by atoms with van der Waals surface area (Å²) in [6, 6.07) is 11.8. The van der Waals surface area contributed by atoms with Crippen LogP contribution in [-0.2, 0) is 6.54 Å². The van der Waals surface area contributed by atoms with Gasteiger partial charge in [0.05, 0.1) is 11.6 Å². The van der Waals surface area contributed by atoms with Crippen LogP contribution in [-0.4, -0.2) is 0 Å². The van der Waals surface area contributed by atoms with E-state index >= 15 is 0 Å². The van der Waals surface area contributed by atoms with E-state index in [9.17, 15) is 8.78 Å². The molecule has 90 valence electrons. The number of hydrogen-bond donors (Lipinski definition) is 1. The molecule has 0 aliphatic heterocycles. The van der Waals surface area contributed by atoms with Crippen LogP contribution in [0.5, 0.6) is 0 Å². The van der Waals surface area contributed by atoms with E-state index in [1.54, 1.807) is 12.1 Å². The van der Waals surface area contributed by atoms with Gasteiger partial charge in [-0.2, -0.15) is 5.26 Å². The molecule has 2 nitrogen and oxygen atoms in total. The predicted octanol–water partition coefficient (Wildman–Crippen LogP) is 3.45. The molecule has 0 unspecified atom stereocenters. The Morgan fingerprint density at radius 1 is 1.00 bits per heavy atom. The fraction of sp³-hybridized carbons (Fsp3) is 0.0714. The zero-order valence-corrected chi connectivity index (χ0v) is 9.45. The Morgan fingerprint density at radius 3 is 2.33 bits per heavy atom. The Kier molecular flexibility index (Phi) is 3.54. The highest BCUT2D eigenvalue weighted by molar-refractivity contribution is 5.46. The number of halogens is 2. The fourth-order valence-corrected chi connectivity index (χ4v) is 1.58. The van der Waals surface area contributed by atoms with E-state index in [0.717, 1.165) is 0 Å². The third-order valence-electron chi connectivity index (χ3n) is 2.51. The van der Waals surface area contributed by atoms with E-state index in [1.165, 1.54) is 30.3 Å². The van der Waals surface area contributed by atoms with Gasteiger partial charge in [0.1, 0.15) is 11.6 Å². The SMILES string of the molecule is N#Cc1ccc(F)cc1CNc1ccc(F)cc1. The van der Waals surface area contributed by atoms with E-state index in [4.69, 9.17) is 5.26 Å². The smallest absolute Gasteiger partial charge is 0.123 e. The third-order valence-corrected chi connectivity index (χ3v) is 2.51. The molecule has 0 fully saturated rings. The zero-order chi connectivity index (χ0) is 13.0. The number of rotatable bonds is 3. The first-order valence-corrected chi connectivity index (χ1v) is 5.37. The van der Waals surface area contributed by atoms with Crippen LogP contribution in [0.4, 0.5) is 14.5 Å². The van der Waals surface area contributed by atoms with Crippen molar-refractivity contribution in [2.24, 2.45) is 0 Å². The summed E-state index contributed by atoms with van der Waals surface area (Å²) in [6.07, 6.45) is 0. The minimum absolute atomic E-state index is 0.312. The summed E-state index contributed by atoms with van der Waals surface area (Å²) in [7, 11) is 0. The lowest BCUT2D eigenvalue weighted by atomic mass is 10.1. The van der Waals surface area contributed by atoms with Crippen molar-refractivity contribution >= 4 is 5.69 Å². The molecule has 4 heteroatoms. The minimum Gasteiger partial charge on any atom is -0.381 e. The van der Waals surface area contributed by atoms with Crippen LogP contribution >= 0.6 is 0 Å². The van der Waals surface area contributed by atoms with E-state index in [2.05, 4.69) is 5.32 Å². The van der Waals surface area contributed by atoms with Crippen molar-refractivity contribution in [3.05, 3.63) is 65.2 Å². The molecule has 2 rings (SSSR count). The van der Waals surface area contributed by atoms with Gasteiger partial charge in [-0.05, 0) is 48.0 Å². The van der Waals surface area contributed by atoms with Crippen LogP contribution in [0.2, 0.25) is 0 Å². The maximum Gasteiger partial charge on any atom is 0.123 e. The number of nitrogens with one attached hydrogen (secondary N) is 1. The van der Waals surface area contributed by atoms with Gasteiger partial charge in [0.25, 0.3) is 0 Å². The van der Waals surface area contributed by atoms with Crippen molar-refractivity contribution in [1.82, 2.24) is 0 Å². The molecule has 2 aromatic rings. The van der Waals surface area contributed by atoms with Crippen LogP contribution in [0, 0.1) is 23.0 Å². The molecule has 0 heterocycles. The van der Waals surface area contributed by atoms with Crippen LogP contribution in [0.25, 0.3) is 0 Å². The summed E-state index contributed by atoms with van der Waals surface area (Å²) in [5.74, 6) is -0.700. The third kappa shape index (κ3) is 2.83. The molecule has 0 atom stereocenters. The summed E-state index contributed by atoms with van der Waals surface area (Å²) in [4.78, 5) is 0. The van der Waals surface area contributed by atoms with Crippen molar-refractivity contribution in [3.8, 4) is 6.07 Å². The maximum atomic E-state index is 13.1. The van der Waals surface area contributed by atoms with E-state index in [0.29, 0.717) is 23.4 Å². The lowest BCUT2D eigenvalue weighted by Gasteiger charge is -2.08. The van der Waals surface area contributed by atoms with Gasteiger partial charge in [0, 0.05) is 12.2 Å². The predicted molar refractivity (Wildman–Crippen MR) is 64.8 cm³/mol. The lowest BCUT2D eigenvalue weighted by Crippen LogP contribution is -2.02. The minimum atomic E-state index is -0.384. The van der Waals surface area contributed by atoms with E-state index in [1.807, 2.05) is 6.07 Å². The Balaban J connectivity index is 2.13. The summed E-state index contributed by atoms with van der Waals surface area (Å²) < 4.78 is 25.8. The van der Waals surface area contributed by atoms with Crippen LogP contribution < -0.4 is 5.32 Å². The number of anilines is 1. The standard InChI is InChI=1S/C14H10F2N2/c15-12-3-5-14(6-4-12)18-9-11-7-13(16)2-1-10(11)8-17/h1-7,18H,9H2. The number of nitrogens with zero attached hydrogens (tertiary/aromatic N) is 1. The van der Waals surface area contributed by atoms with E-state index < -0.39 is 0 Å². The van der Waals surface area contributed by atoms with E-state index in [-0.39, 0.29) is 11.6 Å². The molecule has 0 amide bonds. The van der Waals surface area contributed by atoms with Gasteiger partial charge >= 0.3 is 0 Å². The highest BCUT2D eigenvalue weighted by Crippen LogP contribution is 2.14.